The van der Waals surface area contributed by atoms with E-state index in [1.165, 1.54) is 0 Å². The number of benzene rings is 4. The number of fused-ring (bicyclic) bond motifs is 2. The molecule has 2 aromatic heterocycles. The average molecular weight is 565 g/mol. The summed E-state index contributed by atoms with van der Waals surface area (Å²) in [7, 11) is 3.27. The second-order valence-electron chi connectivity index (χ2n) is 9.74. The highest BCUT2D eigenvalue weighted by molar-refractivity contribution is 5.74. The van der Waals surface area contributed by atoms with Crippen molar-refractivity contribution in [2.75, 3.05) is 27.4 Å². The molecule has 0 aliphatic rings. The third-order valence-corrected chi connectivity index (χ3v) is 6.88. The second-order valence-corrected chi connectivity index (χ2v) is 9.74. The van der Waals surface area contributed by atoms with Crippen molar-refractivity contribution in [1.82, 2.24) is 30.0 Å². The molecular weight excluding hydrogens is 532 g/mol. The molecule has 42 heavy (non-hydrogen) atoms. The van der Waals surface area contributed by atoms with Crippen molar-refractivity contribution in [2.45, 2.75) is 25.7 Å². The summed E-state index contributed by atoms with van der Waals surface area (Å²) in [6, 6.07) is 27.0. The summed E-state index contributed by atoms with van der Waals surface area (Å²) in [5, 5.41) is 18.2. The summed E-state index contributed by atoms with van der Waals surface area (Å²) in [6.07, 6.45) is 3.92. The first-order valence-corrected chi connectivity index (χ1v) is 14.0. The van der Waals surface area contributed by atoms with E-state index in [2.05, 4.69) is 20.4 Å². The highest BCUT2D eigenvalue weighted by Crippen LogP contribution is 2.31. The molecule has 0 bridgehead atoms. The van der Waals surface area contributed by atoms with Crippen LogP contribution in [0.25, 0.3) is 33.4 Å². The van der Waals surface area contributed by atoms with E-state index in [1.807, 2.05) is 84.9 Å². The van der Waals surface area contributed by atoms with E-state index in [4.69, 9.17) is 18.9 Å². The molecule has 0 fully saturated rings. The molecular formula is C32H32N6O4. The van der Waals surface area contributed by atoms with Crippen LogP contribution in [0.3, 0.4) is 0 Å². The van der Waals surface area contributed by atoms with E-state index in [9.17, 15) is 0 Å². The van der Waals surface area contributed by atoms with Gasteiger partial charge in [-0.25, -0.2) is 0 Å². The highest BCUT2D eigenvalue weighted by atomic mass is 16.5. The Kier molecular flexibility index (Phi) is 8.12. The van der Waals surface area contributed by atoms with Gasteiger partial charge in [-0.2, -0.15) is 9.59 Å². The van der Waals surface area contributed by atoms with Gasteiger partial charge in [0.25, 0.3) is 0 Å². The van der Waals surface area contributed by atoms with Crippen LogP contribution in [0.4, 0.5) is 0 Å². The van der Waals surface area contributed by atoms with Crippen LogP contribution in [0.5, 0.6) is 23.0 Å². The van der Waals surface area contributed by atoms with Crippen molar-refractivity contribution >= 4 is 22.1 Å². The van der Waals surface area contributed by atoms with Crippen LogP contribution in [0.2, 0.25) is 0 Å². The third-order valence-electron chi connectivity index (χ3n) is 6.88. The zero-order valence-electron chi connectivity index (χ0n) is 23.6. The Labute approximate surface area is 243 Å². The maximum Gasteiger partial charge on any atom is 0.162 e. The van der Waals surface area contributed by atoms with Crippen LogP contribution in [-0.2, 0) is 0 Å². The number of hydrogen-bond acceptors (Lipinski definition) is 8. The van der Waals surface area contributed by atoms with Gasteiger partial charge in [0, 0.05) is 12.1 Å². The summed E-state index contributed by atoms with van der Waals surface area (Å²) in [6.45, 7) is 1.21. The van der Waals surface area contributed by atoms with Gasteiger partial charge in [-0.15, -0.1) is 20.4 Å². The van der Waals surface area contributed by atoms with Crippen LogP contribution >= 0.6 is 0 Å². The lowest BCUT2D eigenvalue weighted by molar-refractivity contribution is 0.271. The van der Waals surface area contributed by atoms with Gasteiger partial charge in [0.05, 0.1) is 38.8 Å². The second kappa shape index (κ2) is 12.6. The number of aromatic nitrogens is 6. The lowest BCUT2D eigenvalue weighted by Gasteiger charge is -2.13. The van der Waals surface area contributed by atoms with Crippen LogP contribution in [-0.4, -0.2) is 57.4 Å². The minimum atomic E-state index is 0.603. The van der Waals surface area contributed by atoms with E-state index >= 15 is 0 Å². The zero-order chi connectivity index (χ0) is 28.7. The fourth-order valence-electron chi connectivity index (χ4n) is 4.67. The van der Waals surface area contributed by atoms with Gasteiger partial charge in [0.1, 0.15) is 22.1 Å². The molecule has 0 saturated carbocycles. The van der Waals surface area contributed by atoms with Crippen LogP contribution in [0.15, 0.2) is 84.9 Å². The molecule has 0 N–H and O–H groups in total. The Morgan fingerprint density at radius 1 is 0.476 bits per heavy atom. The minimum absolute atomic E-state index is 0.603. The molecule has 0 atom stereocenters. The van der Waals surface area contributed by atoms with Crippen LogP contribution < -0.4 is 18.9 Å². The zero-order valence-corrected chi connectivity index (χ0v) is 23.6. The van der Waals surface area contributed by atoms with Gasteiger partial charge in [-0.3, -0.25) is 0 Å². The quantitative estimate of drug-likeness (QED) is 0.153. The van der Waals surface area contributed by atoms with Crippen molar-refractivity contribution in [3.8, 4) is 34.4 Å². The molecule has 0 aliphatic heterocycles. The predicted octanol–water partition coefficient (Wildman–Crippen LogP) is 6.19. The first kappa shape index (κ1) is 27.1. The van der Waals surface area contributed by atoms with E-state index in [0.717, 1.165) is 59.1 Å². The summed E-state index contributed by atoms with van der Waals surface area (Å²) < 4.78 is 23.2. The van der Waals surface area contributed by atoms with Crippen molar-refractivity contribution in [2.24, 2.45) is 0 Å². The van der Waals surface area contributed by atoms with E-state index in [1.54, 1.807) is 23.8 Å². The normalized spacial score (nSPS) is 11.2. The van der Waals surface area contributed by atoms with E-state index < -0.39 is 0 Å². The standard InChI is InChI=1S/C32H32N6O4/c1-39-31-21-23(37-33-25-11-5-6-12-26(25)34-37)15-17-29(31)41-19-9-3-4-10-20-42-30-18-16-24(22-32(30)40-2)38-35-27-13-7-8-14-28(27)36-38/h5-8,11-18,21-22H,3-4,9-10,19-20H2,1-2H3. The van der Waals surface area contributed by atoms with Crippen LogP contribution in [0.1, 0.15) is 25.7 Å². The molecule has 6 aromatic rings. The van der Waals surface area contributed by atoms with Gasteiger partial charge in [0.2, 0.25) is 0 Å². The van der Waals surface area contributed by atoms with Gasteiger partial charge < -0.3 is 18.9 Å². The molecule has 0 spiro atoms. The molecule has 10 heteroatoms. The summed E-state index contributed by atoms with van der Waals surface area (Å²) >= 11 is 0. The molecule has 0 amide bonds. The molecule has 6 rings (SSSR count). The third kappa shape index (κ3) is 5.97. The molecule has 10 nitrogen and oxygen atoms in total. The van der Waals surface area contributed by atoms with Gasteiger partial charge in [-0.05, 0) is 74.2 Å². The van der Waals surface area contributed by atoms with Crippen molar-refractivity contribution in [1.29, 1.82) is 0 Å². The van der Waals surface area contributed by atoms with Gasteiger partial charge >= 0.3 is 0 Å². The first-order valence-electron chi connectivity index (χ1n) is 14.0. The first-order chi connectivity index (χ1) is 20.7. The van der Waals surface area contributed by atoms with E-state index in [0.29, 0.717) is 36.2 Å². The number of unbranched alkanes of at least 4 members (excludes halogenated alkanes) is 3. The fourth-order valence-corrected chi connectivity index (χ4v) is 4.67. The Hall–Kier alpha value is -5.12. The van der Waals surface area contributed by atoms with Gasteiger partial charge in [-0.1, -0.05) is 24.3 Å². The Bertz CT molecular complexity index is 1600. The lowest BCUT2D eigenvalue weighted by Crippen LogP contribution is -2.04. The molecule has 214 valence electrons. The largest absolute Gasteiger partial charge is 0.493 e. The van der Waals surface area contributed by atoms with E-state index in [-0.39, 0.29) is 0 Å². The molecule has 0 saturated heterocycles. The lowest BCUT2D eigenvalue weighted by atomic mass is 10.2. The predicted molar refractivity (Wildman–Crippen MR) is 160 cm³/mol. The maximum atomic E-state index is 6.02. The molecule has 0 unspecified atom stereocenters. The fraction of sp³-hybridized carbons (Fsp3) is 0.250. The number of hydrogen-bond donors (Lipinski definition) is 0. The molecule has 0 aliphatic carbocycles. The SMILES string of the molecule is COc1cc(-n2nc3ccccc3n2)ccc1OCCCCCCOc1ccc(-n2nc3ccccc3n2)cc1OC. The number of nitrogens with zero attached hydrogens (tertiary/aromatic N) is 6. The van der Waals surface area contributed by atoms with Crippen molar-refractivity contribution in [3.63, 3.8) is 0 Å². The number of methoxy groups -OCH3 is 2. The van der Waals surface area contributed by atoms with Crippen molar-refractivity contribution in [3.05, 3.63) is 84.9 Å². The average Bonchev–Trinajstić information content (AvgIpc) is 3.67. The van der Waals surface area contributed by atoms with Crippen LogP contribution in [0, 0.1) is 0 Å². The number of rotatable bonds is 13. The summed E-state index contributed by atoms with van der Waals surface area (Å²) in [5.41, 5.74) is 5.00. The Morgan fingerprint density at radius 3 is 1.21 bits per heavy atom. The molecule has 2 heterocycles. The molecule has 0 radical (unpaired) electrons. The molecule has 4 aromatic carbocycles. The summed E-state index contributed by atoms with van der Waals surface area (Å²) in [4.78, 5) is 3.22. The summed E-state index contributed by atoms with van der Waals surface area (Å²) in [5.74, 6) is 2.71. The van der Waals surface area contributed by atoms with Crippen molar-refractivity contribution < 1.29 is 18.9 Å². The topological polar surface area (TPSA) is 98.3 Å². The Balaban J connectivity index is 0.943. The smallest absolute Gasteiger partial charge is 0.162 e. The maximum absolute atomic E-state index is 6.02. The monoisotopic (exact) mass is 564 g/mol. The minimum Gasteiger partial charge on any atom is -0.493 e. The number of ether oxygens (including phenoxy) is 4. The van der Waals surface area contributed by atoms with Gasteiger partial charge in [0.15, 0.2) is 23.0 Å². The highest BCUT2D eigenvalue weighted by Gasteiger charge is 2.11. The Morgan fingerprint density at radius 2 is 0.857 bits per heavy atom.